The number of carbonyl (C=O) groups is 1. The first kappa shape index (κ1) is 25.4. The summed E-state index contributed by atoms with van der Waals surface area (Å²) >= 11 is 0. The average Bonchev–Trinajstić information content (AvgIpc) is 2.93. The highest BCUT2D eigenvalue weighted by atomic mass is 19.1. The van der Waals surface area contributed by atoms with Gasteiger partial charge in [0.15, 0.2) is 5.75 Å². The lowest BCUT2D eigenvalue weighted by Gasteiger charge is -2.23. The standard InChI is InChI=1S/C29H27FN2O5/c1-34-21-12-7-18(8-13-21)28(19-9-14-22(35-2)15-10-19)32-24-5-4-6-25(27(24)31)37-26-17-20(30)11-16-23(26)29(33)36-3/h4-17,28,32H,31H2,1-3H3. The smallest absolute Gasteiger partial charge is 0.341 e. The fourth-order valence-corrected chi connectivity index (χ4v) is 3.84. The van der Waals surface area contributed by atoms with Crippen molar-refractivity contribution in [2.75, 3.05) is 32.4 Å². The van der Waals surface area contributed by atoms with Crippen LogP contribution >= 0.6 is 0 Å². The van der Waals surface area contributed by atoms with E-state index in [0.717, 1.165) is 34.8 Å². The Hall–Kier alpha value is -4.72. The molecule has 0 saturated heterocycles. The van der Waals surface area contributed by atoms with Gasteiger partial charge in [0, 0.05) is 6.07 Å². The lowest BCUT2D eigenvalue weighted by molar-refractivity contribution is 0.0598. The number of ether oxygens (including phenoxy) is 4. The number of hydrogen-bond acceptors (Lipinski definition) is 7. The van der Waals surface area contributed by atoms with Gasteiger partial charge in [-0.05, 0) is 59.7 Å². The minimum absolute atomic E-state index is 0.00226. The molecule has 0 amide bonds. The number of para-hydroxylation sites is 1. The van der Waals surface area contributed by atoms with Gasteiger partial charge in [-0.3, -0.25) is 0 Å². The number of methoxy groups -OCH3 is 3. The number of esters is 1. The fraction of sp³-hybridized carbons (Fsp3) is 0.138. The highest BCUT2D eigenvalue weighted by molar-refractivity contribution is 5.92. The van der Waals surface area contributed by atoms with E-state index in [9.17, 15) is 9.18 Å². The van der Waals surface area contributed by atoms with Crippen molar-refractivity contribution in [3.63, 3.8) is 0 Å². The van der Waals surface area contributed by atoms with Gasteiger partial charge in [-0.2, -0.15) is 0 Å². The van der Waals surface area contributed by atoms with Crippen LogP contribution in [0.1, 0.15) is 27.5 Å². The molecular weight excluding hydrogens is 475 g/mol. The van der Waals surface area contributed by atoms with Crippen LogP contribution in [0, 0.1) is 5.82 Å². The number of nitrogen functional groups attached to an aromatic ring is 1. The Morgan fingerprint density at radius 2 is 1.41 bits per heavy atom. The lowest BCUT2D eigenvalue weighted by atomic mass is 9.98. The number of benzene rings is 4. The second-order valence-electron chi connectivity index (χ2n) is 8.08. The van der Waals surface area contributed by atoms with Crippen LogP contribution in [-0.4, -0.2) is 27.3 Å². The monoisotopic (exact) mass is 502 g/mol. The quantitative estimate of drug-likeness (QED) is 0.208. The molecule has 4 rings (SSSR count). The summed E-state index contributed by atoms with van der Waals surface area (Å²) < 4.78 is 35.3. The van der Waals surface area contributed by atoms with Crippen molar-refractivity contribution in [1.29, 1.82) is 0 Å². The van der Waals surface area contributed by atoms with Gasteiger partial charge >= 0.3 is 5.97 Å². The van der Waals surface area contributed by atoms with E-state index in [2.05, 4.69) is 5.32 Å². The maximum absolute atomic E-state index is 14.0. The molecule has 0 unspecified atom stereocenters. The predicted molar refractivity (Wildman–Crippen MR) is 140 cm³/mol. The number of halogens is 1. The van der Waals surface area contributed by atoms with Crippen LogP contribution in [0.3, 0.4) is 0 Å². The summed E-state index contributed by atoms with van der Waals surface area (Å²) in [7, 11) is 4.47. The molecule has 3 N–H and O–H groups in total. The molecule has 0 aromatic heterocycles. The summed E-state index contributed by atoms with van der Waals surface area (Å²) in [5, 5.41) is 3.49. The van der Waals surface area contributed by atoms with Gasteiger partial charge in [0.05, 0.1) is 38.7 Å². The highest BCUT2D eigenvalue weighted by Gasteiger charge is 2.19. The van der Waals surface area contributed by atoms with Crippen LogP contribution in [0.4, 0.5) is 15.8 Å². The second kappa shape index (κ2) is 11.3. The van der Waals surface area contributed by atoms with Gasteiger partial charge < -0.3 is 30.0 Å². The summed E-state index contributed by atoms with van der Waals surface area (Å²) in [5.41, 5.74) is 9.38. The van der Waals surface area contributed by atoms with Crippen LogP contribution in [-0.2, 0) is 4.74 Å². The molecule has 4 aromatic carbocycles. The summed E-state index contributed by atoms with van der Waals surface area (Å²) in [5.74, 6) is 0.519. The van der Waals surface area contributed by atoms with Gasteiger partial charge in [0.1, 0.15) is 28.6 Å². The zero-order chi connectivity index (χ0) is 26.4. The van der Waals surface area contributed by atoms with E-state index in [1.54, 1.807) is 26.4 Å². The number of carbonyl (C=O) groups excluding carboxylic acids is 1. The first-order valence-corrected chi connectivity index (χ1v) is 11.4. The van der Waals surface area contributed by atoms with E-state index in [1.165, 1.54) is 13.2 Å². The Morgan fingerprint density at radius 1 is 0.811 bits per heavy atom. The maximum Gasteiger partial charge on any atom is 0.341 e. The molecule has 0 aliphatic heterocycles. The number of anilines is 2. The maximum atomic E-state index is 14.0. The van der Waals surface area contributed by atoms with Gasteiger partial charge in [-0.15, -0.1) is 0 Å². The molecule has 190 valence electrons. The average molecular weight is 503 g/mol. The minimum atomic E-state index is -0.651. The topological polar surface area (TPSA) is 92.0 Å². The largest absolute Gasteiger partial charge is 0.497 e. The van der Waals surface area contributed by atoms with E-state index in [4.69, 9.17) is 24.7 Å². The van der Waals surface area contributed by atoms with Crippen LogP contribution in [0.2, 0.25) is 0 Å². The number of rotatable bonds is 9. The van der Waals surface area contributed by atoms with Crippen LogP contribution in [0.15, 0.2) is 84.9 Å². The van der Waals surface area contributed by atoms with Crippen molar-refractivity contribution in [2.45, 2.75) is 6.04 Å². The van der Waals surface area contributed by atoms with Crippen molar-refractivity contribution in [3.8, 4) is 23.0 Å². The Kier molecular flexibility index (Phi) is 7.78. The summed E-state index contributed by atoms with van der Waals surface area (Å²) in [6.07, 6.45) is 0. The molecular formula is C29H27FN2O5. The summed E-state index contributed by atoms with van der Waals surface area (Å²) in [6.45, 7) is 0. The van der Waals surface area contributed by atoms with Gasteiger partial charge in [-0.1, -0.05) is 30.3 Å². The van der Waals surface area contributed by atoms with Crippen LogP contribution in [0.5, 0.6) is 23.0 Å². The molecule has 0 spiro atoms. The summed E-state index contributed by atoms with van der Waals surface area (Å²) in [4.78, 5) is 12.2. The Balaban J connectivity index is 1.70. The number of hydrogen-bond donors (Lipinski definition) is 2. The molecule has 7 nitrogen and oxygen atoms in total. The van der Waals surface area contributed by atoms with Gasteiger partial charge in [0.2, 0.25) is 0 Å². The number of nitrogens with two attached hydrogens (primary N) is 1. The molecule has 0 aliphatic rings. The van der Waals surface area contributed by atoms with Crippen molar-refractivity contribution >= 4 is 17.3 Å². The lowest BCUT2D eigenvalue weighted by Crippen LogP contribution is -2.14. The predicted octanol–water partition coefficient (Wildman–Crippen LogP) is 6.21. The van der Waals surface area contributed by atoms with E-state index in [0.29, 0.717) is 5.69 Å². The summed E-state index contributed by atoms with van der Waals surface area (Å²) in [6, 6.07) is 23.9. The van der Waals surface area contributed by atoms with Crippen LogP contribution in [0.25, 0.3) is 0 Å². The normalized spacial score (nSPS) is 10.6. The molecule has 0 bridgehead atoms. The molecule has 0 radical (unpaired) electrons. The van der Waals surface area contributed by atoms with E-state index in [-0.39, 0.29) is 28.8 Å². The zero-order valence-electron chi connectivity index (χ0n) is 20.7. The Bertz CT molecular complexity index is 1330. The van der Waals surface area contributed by atoms with E-state index < -0.39 is 11.8 Å². The first-order valence-electron chi connectivity index (χ1n) is 11.4. The van der Waals surface area contributed by atoms with Crippen LogP contribution < -0.4 is 25.3 Å². The van der Waals surface area contributed by atoms with Gasteiger partial charge in [-0.25, -0.2) is 9.18 Å². The van der Waals surface area contributed by atoms with Crippen molar-refractivity contribution in [3.05, 3.63) is 107 Å². The fourth-order valence-electron chi connectivity index (χ4n) is 3.84. The molecule has 8 heteroatoms. The third kappa shape index (κ3) is 5.75. The molecule has 0 heterocycles. The molecule has 37 heavy (non-hydrogen) atoms. The third-order valence-corrected chi connectivity index (χ3v) is 5.83. The second-order valence-corrected chi connectivity index (χ2v) is 8.08. The van der Waals surface area contributed by atoms with E-state index >= 15 is 0 Å². The SMILES string of the molecule is COC(=O)c1ccc(F)cc1Oc1cccc(NC(c2ccc(OC)cc2)c2ccc(OC)cc2)c1N. The van der Waals surface area contributed by atoms with Crippen molar-refractivity contribution in [2.24, 2.45) is 0 Å². The molecule has 0 aliphatic carbocycles. The van der Waals surface area contributed by atoms with Crippen molar-refractivity contribution < 1.29 is 28.1 Å². The zero-order valence-corrected chi connectivity index (χ0v) is 20.7. The van der Waals surface area contributed by atoms with Crippen molar-refractivity contribution in [1.82, 2.24) is 0 Å². The Labute approximate surface area is 214 Å². The minimum Gasteiger partial charge on any atom is -0.497 e. The van der Waals surface area contributed by atoms with Gasteiger partial charge in [0.25, 0.3) is 0 Å². The molecule has 0 fully saturated rings. The van der Waals surface area contributed by atoms with E-state index in [1.807, 2.05) is 54.6 Å². The highest BCUT2D eigenvalue weighted by Crippen LogP contribution is 2.38. The third-order valence-electron chi connectivity index (χ3n) is 5.83. The molecule has 0 atom stereocenters. The molecule has 0 saturated carbocycles. The number of nitrogens with one attached hydrogen (secondary N) is 1. The Morgan fingerprint density at radius 3 is 1.95 bits per heavy atom. The molecule has 4 aromatic rings. The first-order chi connectivity index (χ1) is 17.9.